The van der Waals surface area contributed by atoms with Crippen molar-refractivity contribution in [2.24, 2.45) is 0 Å². The molecule has 0 aromatic heterocycles. The molecular weight excluding hydrogens is 148 g/mol. The average Bonchev–Trinajstić information content (AvgIpc) is 2.45. The minimum Gasteiger partial charge on any atom is -0.303 e. The SMILES string of the molecule is CCC1CCCN1C1CN(C)C1. The highest BCUT2D eigenvalue weighted by Crippen LogP contribution is 2.25. The van der Waals surface area contributed by atoms with Crippen molar-refractivity contribution in [1.82, 2.24) is 9.80 Å². The highest BCUT2D eigenvalue weighted by molar-refractivity contribution is 4.92. The van der Waals surface area contributed by atoms with Crippen LogP contribution in [0.5, 0.6) is 0 Å². The Kier molecular flexibility index (Phi) is 2.37. The molecule has 2 heteroatoms. The summed E-state index contributed by atoms with van der Waals surface area (Å²) in [6, 6.07) is 1.80. The zero-order valence-corrected chi connectivity index (χ0v) is 8.29. The van der Waals surface area contributed by atoms with Crippen molar-refractivity contribution in [3.8, 4) is 0 Å². The van der Waals surface area contributed by atoms with E-state index in [0.29, 0.717) is 0 Å². The Labute approximate surface area is 75.5 Å². The Bertz CT molecular complexity index is 152. The molecule has 0 bridgehead atoms. The van der Waals surface area contributed by atoms with E-state index in [1.807, 2.05) is 0 Å². The molecule has 0 aromatic rings. The first-order chi connectivity index (χ1) is 5.81. The molecule has 1 atom stereocenters. The topological polar surface area (TPSA) is 6.48 Å². The fourth-order valence-electron chi connectivity index (χ4n) is 2.65. The molecule has 0 aromatic carbocycles. The maximum Gasteiger partial charge on any atom is 0.0353 e. The van der Waals surface area contributed by atoms with Gasteiger partial charge in [-0.25, -0.2) is 0 Å². The maximum absolute atomic E-state index is 2.74. The second-order valence-electron chi connectivity index (χ2n) is 4.32. The van der Waals surface area contributed by atoms with Crippen molar-refractivity contribution in [2.45, 2.75) is 38.3 Å². The predicted octanol–water partition coefficient (Wildman–Crippen LogP) is 1.17. The molecule has 0 N–H and O–H groups in total. The van der Waals surface area contributed by atoms with Gasteiger partial charge in [-0.3, -0.25) is 4.90 Å². The van der Waals surface area contributed by atoms with E-state index in [2.05, 4.69) is 23.8 Å². The van der Waals surface area contributed by atoms with Crippen molar-refractivity contribution in [1.29, 1.82) is 0 Å². The maximum atomic E-state index is 2.74. The molecule has 2 nitrogen and oxygen atoms in total. The van der Waals surface area contributed by atoms with E-state index in [0.717, 1.165) is 12.1 Å². The van der Waals surface area contributed by atoms with Crippen molar-refractivity contribution < 1.29 is 0 Å². The van der Waals surface area contributed by atoms with Crippen LogP contribution in [0.1, 0.15) is 26.2 Å². The minimum absolute atomic E-state index is 0.891. The highest BCUT2D eigenvalue weighted by Gasteiger charge is 2.35. The first-order valence-electron chi connectivity index (χ1n) is 5.25. The number of hydrogen-bond donors (Lipinski definition) is 0. The number of rotatable bonds is 2. The predicted molar refractivity (Wildman–Crippen MR) is 51.3 cm³/mol. The van der Waals surface area contributed by atoms with Crippen LogP contribution < -0.4 is 0 Å². The van der Waals surface area contributed by atoms with E-state index >= 15 is 0 Å². The van der Waals surface area contributed by atoms with Crippen LogP contribution in [0.25, 0.3) is 0 Å². The lowest BCUT2D eigenvalue weighted by atomic mass is 10.1. The average molecular weight is 168 g/mol. The van der Waals surface area contributed by atoms with Gasteiger partial charge < -0.3 is 4.90 Å². The zero-order valence-electron chi connectivity index (χ0n) is 8.29. The summed E-state index contributed by atoms with van der Waals surface area (Å²) in [6.07, 6.45) is 4.22. The van der Waals surface area contributed by atoms with Gasteiger partial charge in [-0.05, 0) is 32.9 Å². The van der Waals surface area contributed by atoms with Crippen LogP contribution in [0.4, 0.5) is 0 Å². The van der Waals surface area contributed by atoms with E-state index in [4.69, 9.17) is 0 Å². The zero-order chi connectivity index (χ0) is 8.55. The Morgan fingerprint density at radius 2 is 2.08 bits per heavy atom. The molecule has 2 fully saturated rings. The first-order valence-corrected chi connectivity index (χ1v) is 5.25. The van der Waals surface area contributed by atoms with Crippen molar-refractivity contribution in [2.75, 3.05) is 26.7 Å². The largest absolute Gasteiger partial charge is 0.303 e. The Balaban J connectivity index is 1.86. The molecule has 2 saturated heterocycles. The lowest BCUT2D eigenvalue weighted by Crippen LogP contribution is -2.58. The summed E-state index contributed by atoms with van der Waals surface area (Å²) in [5.41, 5.74) is 0. The van der Waals surface area contributed by atoms with E-state index in [1.54, 1.807) is 0 Å². The third-order valence-electron chi connectivity index (χ3n) is 3.41. The van der Waals surface area contributed by atoms with E-state index in [9.17, 15) is 0 Å². The smallest absolute Gasteiger partial charge is 0.0353 e. The van der Waals surface area contributed by atoms with Crippen LogP contribution in [0, 0.1) is 0 Å². The van der Waals surface area contributed by atoms with Crippen LogP contribution in [0.3, 0.4) is 0 Å². The van der Waals surface area contributed by atoms with Crippen LogP contribution in [0.2, 0.25) is 0 Å². The molecule has 2 heterocycles. The van der Waals surface area contributed by atoms with Crippen LogP contribution in [0.15, 0.2) is 0 Å². The molecule has 2 rings (SSSR count). The summed E-state index contributed by atoms with van der Waals surface area (Å²) in [5.74, 6) is 0. The molecule has 0 saturated carbocycles. The number of likely N-dealkylation sites (N-methyl/N-ethyl adjacent to an activating group) is 1. The van der Waals surface area contributed by atoms with Gasteiger partial charge in [0.1, 0.15) is 0 Å². The molecule has 0 radical (unpaired) electrons. The Hall–Kier alpha value is -0.0800. The summed E-state index contributed by atoms with van der Waals surface area (Å²) in [6.45, 7) is 6.29. The van der Waals surface area contributed by atoms with Gasteiger partial charge in [0.25, 0.3) is 0 Å². The standard InChI is InChI=1S/C10H20N2/c1-3-9-5-4-6-12(9)10-7-11(2)8-10/h9-10H,3-8H2,1-2H3. The summed E-state index contributed by atoms with van der Waals surface area (Å²) in [7, 11) is 2.22. The molecule has 1 unspecified atom stereocenters. The van der Waals surface area contributed by atoms with Crippen molar-refractivity contribution in [3.63, 3.8) is 0 Å². The second-order valence-corrected chi connectivity index (χ2v) is 4.32. The lowest BCUT2D eigenvalue weighted by Gasteiger charge is -2.44. The Morgan fingerprint density at radius 1 is 1.33 bits per heavy atom. The van der Waals surface area contributed by atoms with Gasteiger partial charge in [-0.1, -0.05) is 6.92 Å². The van der Waals surface area contributed by atoms with E-state index < -0.39 is 0 Å². The molecular formula is C10H20N2. The molecule has 0 spiro atoms. The Morgan fingerprint density at radius 3 is 2.67 bits per heavy atom. The van der Waals surface area contributed by atoms with E-state index in [1.165, 1.54) is 38.9 Å². The normalized spacial score (nSPS) is 34.0. The molecule has 70 valence electrons. The first kappa shape index (κ1) is 8.52. The van der Waals surface area contributed by atoms with Gasteiger partial charge in [-0.15, -0.1) is 0 Å². The van der Waals surface area contributed by atoms with Crippen LogP contribution >= 0.6 is 0 Å². The summed E-state index contributed by atoms with van der Waals surface area (Å²) < 4.78 is 0. The molecule has 0 amide bonds. The van der Waals surface area contributed by atoms with Crippen LogP contribution in [-0.2, 0) is 0 Å². The molecule has 0 aliphatic carbocycles. The summed E-state index contributed by atoms with van der Waals surface area (Å²) in [4.78, 5) is 5.15. The molecule has 12 heavy (non-hydrogen) atoms. The number of nitrogens with zero attached hydrogens (tertiary/aromatic N) is 2. The third kappa shape index (κ3) is 1.38. The quantitative estimate of drug-likeness (QED) is 0.611. The highest BCUT2D eigenvalue weighted by atomic mass is 15.3. The molecule has 2 aliphatic rings. The fraction of sp³-hybridized carbons (Fsp3) is 1.00. The van der Waals surface area contributed by atoms with Gasteiger partial charge in [0.2, 0.25) is 0 Å². The van der Waals surface area contributed by atoms with Gasteiger partial charge in [0.05, 0.1) is 0 Å². The lowest BCUT2D eigenvalue weighted by molar-refractivity contribution is 0.0430. The van der Waals surface area contributed by atoms with Gasteiger partial charge in [0.15, 0.2) is 0 Å². The van der Waals surface area contributed by atoms with Gasteiger partial charge in [-0.2, -0.15) is 0 Å². The number of hydrogen-bond acceptors (Lipinski definition) is 2. The third-order valence-corrected chi connectivity index (χ3v) is 3.41. The second kappa shape index (κ2) is 3.35. The summed E-state index contributed by atoms with van der Waals surface area (Å²) >= 11 is 0. The van der Waals surface area contributed by atoms with E-state index in [-0.39, 0.29) is 0 Å². The fourth-order valence-corrected chi connectivity index (χ4v) is 2.65. The van der Waals surface area contributed by atoms with Crippen molar-refractivity contribution in [3.05, 3.63) is 0 Å². The van der Waals surface area contributed by atoms with Gasteiger partial charge >= 0.3 is 0 Å². The van der Waals surface area contributed by atoms with Crippen LogP contribution in [-0.4, -0.2) is 48.6 Å². The minimum atomic E-state index is 0.891. The summed E-state index contributed by atoms with van der Waals surface area (Å²) in [5, 5.41) is 0. The van der Waals surface area contributed by atoms with Gasteiger partial charge in [0, 0.05) is 25.2 Å². The monoisotopic (exact) mass is 168 g/mol. The molecule has 2 aliphatic heterocycles. The van der Waals surface area contributed by atoms with Crippen molar-refractivity contribution >= 4 is 0 Å². The number of likely N-dealkylation sites (tertiary alicyclic amines) is 2.